The van der Waals surface area contributed by atoms with Crippen LogP contribution < -0.4 is 11.1 Å². The molecule has 94 valence electrons. The van der Waals surface area contributed by atoms with E-state index in [1.54, 1.807) is 35.7 Å². The van der Waals surface area contributed by atoms with E-state index < -0.39 is 0 Å². The van der Waals surface area contributed by atoms with Crippen LogP contribution in [0.15, 0.2) is 29.8 Å². The summed E-state index contributed by atoms with van der Waals surface area (Å²) in [6.07, 6.45) is 2.46. The lowest BCUT2D eigenvalue weighted by Crippen LogP contribution is -2.26. The summed E-state index contributed by atoms with van der Waals surface area (Å²) in [5, 5.41) is 5.99. The number of anilines is 1. The molecule has 0 spiro atoms. The molecule has 0 fully saturated rings. The average molecular weight is 282 g/mol. The molecule has 18 heavy (non-hydrogen) atoms. The largest absolute Gasteiger partial charge is 0.398 e. The van der Waals surface area contributed by atoms with Gasteiger partial charge in [-0.25, -0.2) is 4.98 Å². The van der Waals surface area contributed by atoms with Gasteiger partial charge in [-0.15, -0.1) is 11.3 Å². The Morgan fingerprint density at radius 3 is 3.06 bits per heavy atom. The van der Waals surface area contributed by atoms with Crippen molar-refractivity contribution in [2.24, 2.45) is 0 Å². The summed E-state index contributed by atoms with van der Waals surface area (Å²) < 4.78 is 0. The second-order valence-electron chi connectivity index (χ2n) is 3.64. The van der Waals surface area contributed by atoms with Gasteiger partial charge in [0.25, 0.3) is 5.91 Å². The summed E-state index contributed by atoms with van der Waals surface area (Å²) in [4.78, 5) is 16.0. The summed E-state index contributed by atoms with van der Waals surface area (Å²) in [7, 11) is 0. The second-order valence-corrected chi connectivity index (χ2v) is 5.00. The Bertz CT molecular complexity index is 542. The van der Waals surface area contributed by atoms with Crippen LogP contribution in [0.2, 0.25) is 5.02 Å². The number of nitrogens with two attached hydrogens (primary N) is 1. The number of carbonyl (C=O) groups is 1. The van der Waals surface area contributed by atoms with Crippen molar-refractivity contribution in [2.75, 3.05) is 12.3 Å². The molecule has 1 amide bonds. The van der Waals surface area contributed by atoms with E-state index in [1.165, 1.54) is 0 Å². The van der Waals surface area contributed by atoms with E-state index in [1.807, 2.05) is 5.38 Å². The molecular weight excluding hydrogens is 270 g/mol. The quantitative estimate of drug-likeness (QED) is 0.846. The van der Waals surface area contributed by atoms with Crippen molar-refractivity contribution in [3.05, 3.63) is 45.4 Å². The Morgan fingerprint density at radius 1 is 1.50 bits per heavy atom. The molecule has 0 saturated heterocycles. The van der Waals surface area contributed by atoms with Crippen LogP contribution in [0.5, 0.6) is 0 Å². The zero-order valence-electron chi connectivity index (χ0n) is 9.52. The highest BCUT2D eigenvalue weighted by atomic mass is 35.5. The summed E-state index contributed by atoms with van der Waals surface area (Å²) in [6, 6.07) is 5.02. The molecule has 3 N–H and O–H groups in total. The van der Waals surface area contributed by atoms with Crippen molar-refractivity contribution in [1.82, 2.24) is 10.3 Å². The molecule has 1 aromatic heterocycles. The topological polar surface area (TPSA) is 68.0 Å². The van der Waals surface area contributed by atoms with Crippen molar-refractivity contribution in [3.63, 3.8) is 0 Å². The molecule has 0 aliphatic carbocycles. The summed E-state index contributed by atoms with van der Waals surface area (Å²) in [5.74, 6) is -0.219. The van der Waals surface area contributed by atoms with E-state index in [-0.39, 0.29) is 5.91 Å². The number of hydrogen-bond acceptors (Lipinski definition) is 4. The first-order valence-corrected chi connectivity index (χ1v) is 6.65. The maximum absolute atomic E-state index is 11.9. The zero-order valence-corrected chi connectivity index (χ0v) is 11.1. The first-order chi connectivity index (χ1) is 8.68. The van der Waals surface area contributed by atoms with Gasteiger partial charge in [-0.2, -0.15) is 0 Å². The van der Waals surface area contributed by atoms with Gasteiger partial charge in [0, 0.05) is 24.5 Å². The van der Waals surface area contributed by atoms with Crippen molar-refractivity contribution in [3.8, 4) is 0 Å². The van der Waals surface area contributed by atoms with Gasteiger partial charge in [-0.1, -0.05) is 17.7 Å². The maximum Gasteiger partial charge on any atom is 0.252 e. The Balaban J connectivity index is 1.93. The van der Waals surface area contributed by atoms with E-state index >= 15 is 0 Å². The SMILES string of the molecule is Nc1cccc(C(=O)NCCc2nccs2)c1Cl. The number of nitrogen functional groups attached to an aromatic ring is 1. The second kappa shape index (κ2) is 5.84. The van der Waals surface area contributed by atoms with Gasteiger partial charge < -0.3 is 11.1 Å². The summed E-state index contributed by atoms with van der Waals surface area (Å²) in [6.45, 7) is 0.525. The molecule has 2 aromatic rings. The fourth-order valence-corrected chi connectivity index (χ4v) is 2.31. The molecular formula is C12H12ClN3OS. The van der Waals surface area contributed by atoms with Crippen LogP contribution in [-0.4, -0.2) is 17.4 Å². The minimum absolute atomic E-state index is 0.219. The lowest BCUT2D eigenvalue weighted by Gasteiger charge is -2.07. The minimum atomic E-state index is -0.219. The van der Waals surface area contributed by atoms with Crippen LogP contribution in [0.25, 0.3) is 0 Å². The normalized spacial score (nSPS) is 10.3. The van der Waals surface area contributed by atoms with Gasteiger partial charge in [0.2, 0.25) is 0 Å². The van der Waals surface area contributed by atoms with Crippen LogP contribution in [0.1, 0.15) is 15.4 Å². The molecule has 0 saturated carbocycles. The number of thiazole rings is 1. The third kappa shape index (κ3) is 3.00. The Morgan fingerprint density at radius 2 is 2.33 bits per heavy atom. The molecule has 4 nitrogen and oxygen atoms in total. The third-order valence-corrected chi connectivity index (χ3v) is 3.64. The molecule has 0 radical (unpaired) electrons. The van der Waals surface area contributed by atoms with E-state index in [9.17, 15) is 4.79 Å². The Hall–Kier alpha value is -1.59. The Kier molecular flexibility index (Phi) is 4.17. The number of aromatic nitrogens is 1. The van der Waals surface area contributed by atoms with Gasteiger partial charge in [0.1, 0.15) is 0 Å². The number of nitrogens with one attached hydrogen (secondary N) is 1. The van der Waals surface area contributed by atoms with E-state index in [4.69, 9.17) is 17.3 Å². The van der Waals surface area contributed by atoms with Gasteiger partial charge in [-0.3, -0.25) is 4.79 Å². The van der Waals surface area contributed by atoms with Gasteiger partial charge in [0.15, 0.2) is 0 Å². The van der Waals surface area contributed by atoms with Crippen molar-refractivity contribution < 1.29 is 4.79 Å². The predicted molar refractivity (Wildman–Crippen MR) is 74.0 cm³/mol. The molecule has 0 aliphatic rings. The molecule has 0 atom stereocenters. The van der Waals surface area contributed by atoms with Crippen molar-refractivity contribution in [1.29, 1.82) is 0 Å². The number of hydrogen-bond donors (Lipinski definition) is 2. The van der Waals surface area contributed by atoms with Crippen molar-refractivity contribution in [2.45, 2.75) is 6.42 Å². The molecule has 1 heterocycles. The van der Waals surface area contributed by atoms with Gasteiger partial charge in [-0.05, 0) is 12.1 Å². The van der Waals surface area contributed by atoms with Crippen LogP contribution >= 0.6 is 22.9 Å². The number of amides is 1. The number of carbonyl (C=O) groups excluding carboxylic acids is 1. The fourth-order valence-electron chi connectivity index (χ4n) is 1.48. The van der Waals surface area contributed by atoms with E-state index in [2.05, 4.69) is 10.3 Å². The monoisotopic (exact) mass is 281 g/mol. The molecule has 1 aromatic carbocycles. The van der Waals surface area contributed by atoms with Gasteiger partial charge >= 0.3 is 0 Å². The molecule has 0 aliphatic heterocycles. The Labute approximate surface area is 114 Å². The highest BCUT2D eigenvalue weighted by molar-refractivity contribution is 7.09. The highest BCUT2D eigenvalue weighted by Crippen LogP contribution is 2.22. The molecule has 6 heteroatoms. The first kappa shape index (κ1) is 12.9. The number of nitrogens with zero attached hydrogens (tertiary/aromatic N) is 1. The number of rotatable bonds is 4. The smallest absolute Gasteiger partial charge is 0.252 e. The summed E-state index contributed by atoms with van der Waals surface area (Å²) >= 11 is 7.54. The van der Waals surface area contributed by atoms with E-state index in [0.717, 1.165) is 5.01 Å². The third-order valence-electron chi connectivity index (χ3n) is 2.38. The van der Waals surface area contributed by atoms with Crippen LogP contribution in [-0.2, 0) is 6.42 Å². The van der Waals surface area contributed by atoms with Crippen molar-refractivity contribution >= 4 is 34.5 Å². The summed E-state index contributed by atoms with van der Waals surface area (Å²) in [5.41, 5.74) is 6.45. The standard InChI is InChI=1S/C12H12ClN3OS/c13-11-8(2-1-3-9(11)14)12(17)16-5-4-10-15-6-7-18-10/h1-3,6-7H,4-5,14H2,(H,16,17). The zero-order chi connectivity index (χ0) is 13.0. The number of benzene rings is 1. The van der Waals surface area contributed by atoms with Crippen LogP contribution in [0.3, 0.4) is 0 Å². The van der Waals surface area contributed by atoms with Crippen LogP contribution in [0.4, 0.5) is 5.69 Å². The lowest BCUT2D eigenvalue weighted by atomic mass is 10.2. The molecule has 0 unspecified atom stereocenters. The average Bonchev–Trinajstić information content (AvgIpc) is 2.85. The first-order valence-electron chi connectivity index (χ1n) is 5.39. The minimum Gasteiger partial charge on any atom is -0.398 e. The van der Waals surface area contributed by atoms with E-state index in [0.29, 0.717) is 29.2 Å². The fraction of sp³-hybridized carbons (Fsp3) is 0.167. The number of halogens is 1. The van der Waals surface area contributed by atoms with Gasteiger partial charge in [0.05, 0.1) is 21.3 Å². The maximum atomic E-state index is 11.9. The molecule has 0 bridgehead atoms. The highest BCUT2D eigenvalue weighted by Gasteiger charge is 2.11. The predicted octanol–water partition coefficient (Wildman–Crippen LogP) is 2.35. The molecule has 2 rings (SSSR count). The van der Waals surface area contributed by atoms with Crippen LogP contribution in [0, 0.1) is 0 Å². The lowest BCUT2D eigenvalue weighted by molar-refractivity contribution is 0.0954.